The predicted octanol–water partition coefficient (Wildman–Crippen LogP) is 4.18. The molecule has 90 valence electrons. The van der Waals surface area contributed by atoms with E-state index in [-0.39, 0.29) is 11.9 Å². The number of hydrogen-bond acceptors (Lipinski definition) is 1. The molecule has 0 radical (unpaired) electrons. The third-order valence-electron chi connectivity index (χ3n) is 2.92. The molecule has 1 rings (SSSR count). The van der Waals surface area contributed by atoms with E-state index in [0.29, 0.717) is 10.9 Å². The highest BCUT2D eigenvalue weighted by molar-refractivity contribution is 6.31. The van der Waals surface area contributed by atoms with Gasteiger partial charge in [0.25, 0.3) is 0 Å². The topological polar surface area (TPSA) is 12.0 Å². The Morgan fingerprint density at radius 1 is 1.44 bits per heavy atom. The van der Waals surface area contributed by atoms with Gasteiger partial charge in [-0.1, -0.05) is 37.9 Å². The van der Waals surface area contributed by atoms with Crippen molar-refractivity contribution in [3.05, 3.63) is 34.6 Å². The molecule has 0 aliphatic rings. The summed E-state index contributed by atoms with van der Waals surface area (Å²) in [7, 11) is 1.91. The Labute approximate surface area is 102 Å². The molecule has 0 aliphatic heterocycles. The van der Waals surface area contributed by atoms with Crippen molar-refractivity contribution in [3.63, 3.8) is 0 Å². The van der Waals surface area contributed by atoms with Gasteiger partial charge in [0.05, 0.1) is 0 Å². The monoisotopic (exact) mass is 243 g/mol. The van der Waals surface area contributed by atoms with E-state index in [1.807, 2.05) is 7.05 Å². The molecular weight excluding hydrogens is 225 g/mol. The molecule has 1 aromatic rings. The maximum Gasteiger partial charge on any atom is 0.124 e. The first-order valence-electron chi connectivity index (χ1n) is 5.72. The van der Waals surface area contributed by atoms with Crippen molar-refractivity contribution in [2.75, 3.05) is 7.05 Å². The molecule has 0 aliphatic carbocycles. The second-order valence-corrected chi connectivity index (χ2v) is 4.61. The lowest BCUT2D eigenvalue weighted by Crippen LogP contribution is -2.23. The van der Waals surface area contributed by atoms with E-state index < -0.39 is 0 Å². The number of nitrogens with one attached hydrogen (secondary N) is 1. The Balaban J connectivity index is 2.94. The fourth-order valence-electron chi connectivity index (χ4n) is 2.12. The van der Waals surface area contributed by atoms with Crippen LogP contribution in [0, 0.1) is 11.7 Å². The lowest BCUT2D eigenvalue weighted by molar-refractivity contribution is 0.383. The first-order valence-corrected chi connectivity index (χ1v) is 6.10. The van der Waals surface area contributed by atoms with Gasteiger partial charge in [-0.05, 0) is 37.1 Å². The van der Waals surface area contributed by atoms with E-state index in [4.69, 9.17) is 11.6 Å². The Kier molecular flexibility index (Phi) is 5.23. The van der Waals surface area contributed by atoms with Crippen molar-refractivity contribution in [1.82, 2.24) is 5.32 Å². The van der Waals surface area contributed by atoms with Crippen LogP contribution < -0.4 is 5.32 Å². The van der Waals surface area contributed by atoms with Crippen molar-refractivity contribution in [2.45, 2.75) is 32.7 Å². The molecule has 2 atom stereocenters. The summed E-state index contributed by atoms with van der Waals surface area (Å²) < 4.78 is 13.0. The molecule has 0 spiro atoms. The Morgan fingerprint density at radius 3 is 2.62 bits per heavy atom. The number of hydrogen-bond donors (Lipinski definition) is 1. The van der Waals surface area contributed by atoms with E-state index in [0.717, 1.165) is 18.4 Å². The van der Waals surface area contributed by atoms with Gasteiger partial charge < -0.3 is 5.32 Å². The van der Waals surface area contributed by atoms with Crippen molar-refractivity contribution >= 4 is 11.6 Å². The van der Waals surface area contributed by atoms with Gasteiger partial charge in [0.15, 0.2) is 0 Å². The normalized spacial score (nSPS) is 14.8. The average molecular weight is 244 g/mol. The third-order valence-corrected chi connectivity index (χ3v) is 3.25. The minimum Gasteiger partial charge on any atom is -0.313 e. The molecule has 0 amide bonds. The standard InChI is InChI=1S/C13H19ClFN/c1-4-5-9(2)13(16-3)11-7-6-10(15)8-12(11)14/h6-9,13,16H,4-5H2,1-3H3. The van der Waals surface area contributed by atoms with Crippen molar-refractivity contribution < 1.29 is 4.39 Å². The number of halogens is 2. The van der Waals surface area contributed by atoms with Gasteiger partial charge in [0, 0.05) is 11.1 Å². The van der Waals surface area contributed by atoms with Crippen LogP contribution in [-0.4, -0.2) is 7.05 Å². The summed E-state index contributed by atoms with van der Waals surface area (Å²) in [5.74, 6) is 0.199. The molecule has 2 unspecified atom stereocenters. The van der Waals surface area contributed by atoms with Crippen LogP contribution in [0.15, 0.2) is 18.2 Å². The van der Waals surface area contributed by atoms with Crippen LogP contribution in [0.2, 0.25) is 5.02 Å². The van der Waals surface area contributed by atoms with E-state index in [1.54, 1.807) is 6.07 Å². The fourth-order valence-corrected chi connectivity index (χ4v) is 2.41. The summed E-state index contributed by atoms with van der Waals surface area (Å²) in [5.41, 5.74) is 0.978. The van der Waals surface area contributed by atoms with Crippen LogP contribution in [0.25, 0.3) is 0 Å². The molecule has 1 aromatic carbocycles. The van der Waals surface area contributed by atoms with Crippen LogP contribution in [0.4, 0.5) is 4.39 Å². The minimum absolute atomic E-state index is 0.188. The largest absolute Gasteiger partial charge is 0.313 e. The minimum atomic E-state index is -0.285. The lowest BCUT2D eigenvalue weighted by Gasteiger charge is -2.24. The SMILES string of the molecule is CCCC(C)C(NC)c1ccc(F)cc1Cl. The van der Waals surface area contributed by atoms with Crippen molar-refractivity contribution in [2.24, 2.45) is 5.92 Å². The highest BCUT2D eigenvalue weighted by Gasteiger charge is 2.19. The molecule has 0 bridgehead atoms. The third kappa shape index (κ3) is 3.19. The maximum atomic E-state index is 13.0. The Bertz CT molecular complexity index is 341. The molecule has 0 saturated carbocycles. The van der Waals surface area contributed by atoms with Crippen molar-refractivity contribution in [3.8, 4) is 0 Å². The summed E-state index contributed by atoms with van der Waals surface area (Å²) in [6, 6.07) is 4.79. The van der Waals surface area contributed by atoms with Crippen LogP contribution in [0.1, 0.15) is 38.3 Å². The van der Waals surface area contributed by atoms with Gasteiger partial charge in [-0.3, -0.25) is 0 Å². The van der Waals surface area contributed by atoms with Gasteiger partial charge in [0.2, 0.25) is 0 Å². The molecule has 1 nitrogen and oxygen atoms in total. The van der Waals surface area contributed by atoms with E-state index in [9.17, 15) is 4.39 Å². The van der Waals surface area contributed by atoms with Crippen LogP contribution >= 0.6 is 11.6 Å². The van der Waals surface area contributed by atoms with Gasteiger partial charge in [0.1, 0.15) is 5.82 Å². The van der Waals surface area contributed by atoms with E-state index >= 15 is 0 Å². The van der Waals surface area contributed by atoms with Crippen LogP contribution in [0.5, 0.6) is 0 Å². The van der Waals surface area contributed by atoms with Gasteiger partial charge in [-0.25, -0.2) is 4.39 Å². The second-order valence-electron chi connectivity index (χ2n) is 4.20. The fraction of sp³-hybridized carbons (Fsp3) is 0.538. The smallest absolute Gasteiger partial charge is 0.124 e. The first kappa shape index (κ1) is 13.5. The number of benzene rings is 1. The highest BCUT2D eigenvalue weighted by atomic mass is 35.5. The Morgan fingerprint density at radius 2 is 2.12 bits per heavy atom. The van der Waals surface area contributed by atoms with E-state index in [2.05, 4.69) is 19.2 Å². The lowest BCUT2D eigenvalue weighted by atomic mass is 9.91. The molecule has 0 saturated heterocycles. The zero-order valence-corrected chi connectivity index (χ0v) is 10.8. The zero-order valence-electron chi connectivity index (χ0n) is 10.1. The predicted molar refractivity (Wildman–Crippen MR) is 67.3 cm³/mol. The highest BCUT2D eigenvalue weighted by Crippen LogP contribution is 2.30. The summed E-state index contributed by atoms with van der Waals surface area (Å²) in [5, 5.41) is 3.76. The summed E-state index contributed by atoms with van der Waals surface area (Å²) in [4.78, 5) is 0. The summed E-state index contributed by atoms with van der Waals surface area (Å²) in [6.45, 7) is 4.35. The quantitative estimate of drug-likeness (QED) is 0.818. The van der Waals surface area contributed by atoms with Gasteiger partial charge >= 0.3 is 0 Å². The van der Waals surface area contributed by atoms with Crippen molar-refractivity contribution in [1.29, 1.82) is 0 Å². The number of rotatable bonds is 5. The Hall–Kier alpha value is -0.600. The molecule has 3 heteroatoms. The molecular formula is C13H19ClFN. The van der Waals surface area contributed by atoms with Gasteiger partial charge in [-0.2, -0.15) is 0 Å². The second kappa shape index (κ2) is 6.21. The van der Waals surface area contributed by atoms with Gasteiger partial charge in [-0.15, -0.1) is 0 Å². The van der Waals surface area contributed by atoms with Crippen LogP contribution in [0.3, 0.4) is 0 Å². The average Bonchev–Trinajstić information content (AvgIpc) is 2.22. The molecule has 16 heavy (non-hydrogen) atoms. The molecule has 1 N–H and O–H groups in total. The molecule has 0 aromatic heterocycles. The van der Waals surface area contributed by atoms with Crippen LogP contribution in [-0.2, 0) is 0 Å². The summed E-state index contributed by atoms with van der Waals surface area (Å²) >= 11 is 6.07. The van der Waals surface area contributed by atoms with E-state index in [1.165, 1.54) is 12.1 Å². The molecule has 0 heterocycles. The molecule has 0 fully saturated rings. The first-order chi connectivity index (χ1) is 7.60. The zero-order chi connectivity index (χ0) is 12.1. The summed E-state index contributed by atoms with van der Waals surface area (Å²) in [6.07, 6.45) is 2.26. The maximum absolute atomic E-state index is 13.0.